The minimum Gasteiger partial charge on any atom is -0.354 e. The Morgan fingerprint density at radius 1 is 1.50 bits per heavy atom. The van der Waals surface area contributed by atoms with Gasteiger partial charge in [-0.1, -0.05) is 6.92 Å². The van der Waals surface area contributed by atoms with E-state index in [1.165, 1.54) is 17.3 Å². The molecule has 2 saturated heterocycles. The van der Waals surface area contributed by atoms with Crippen LogP contribution in [0.1, 0.15) is 13.3 Å². The molecule has 0 aromatic rings. The van der Waals surface area contributed by atoms with Crippen molar-refractivity contribution >= 4 is 29.4 Å². The Balaban J connectivity index is 1.70. The molecule has 0 aromatic carbocycles. The summed E-state index contributed by atoms with van der Waals surface area (Å²) < 4.78 is 0. The van der Waals surface area contributed by atoms with Crippen molar-refractivity contribution in [1.29, 1.82) is 0 Å². The molecule has 16 heavy (non-hydrogen) atoms. The fraction of sp³-hybridized carbons (Fsp3) is 0.909. The van der Waals surface area contributed by atoms with Gasteiger partial charge in [0, 0.05) is 29.1 Å². The zero-order valence-electron chi connectivity index (χ0n) is 9.70. The van der Waals surface area contributed by atoms with Crippen molar-refractivity contribution in [2.24, 2.45) is 5.92 Å². The van der Waals surface area contributed by atoms with Gasteiger partial charge in [0.2, 0.25) is 5.91 Å². The lowest BCUT2D eigenvalue weighted by Crippen LogP contribution is -2.45. The number of carbonyl (C=O) groups excluding carboxylic acids is 1. The summed E-state index contributed by atoms with van der Waals surface area (Å²) in [6.45, 7) is 3.96. The SMILES string of the molecule is CC1CCNC1C(=O)NCC1CSCCS1. The normalized spacial score (nSPS) is 34.9. The first-order chi connectivity index (χ1) is 7.77. The van der Waals surface area contributed by atoms with Crippen LogP contribution in [0.25, 0.3) is 0 Å². The topological polar surface area (TPSA) is 41.1 Å². The van der Waals surface area contributed by atoms with E-state index in [0.717, 1.165) is 19.5 Å². The summed E-state index contributed by atoms with van der Waals surface area (Å²) in [5.41, 5.74) is 0. The molecule has 2 fully saturated rings. The Hall–Kier alpha value is 0.130. The lowest BCUT2D eigenvalue weighted by Gasteiger charge is -2.22. The van der Waals surface area contributed by atoms with E-state index in [1.54, 1.807) is 0 Å². The van der Waals surface area contributed by atoms with Gasteiger partial charge in [0.15, 0.2) is 0 Å². The molecule has 2 aliphatic heterocycles. The molecule has 0 bridgehead atoms. The van der Waals surface area contributed by atoms with Gasteiger partial charge >= 0.3 is 0 Å². The summed E-state index contributed by atoms with van der Waals surface area (Å²) in [5.74, 6) is 4.34. The highest BCUT2D eigenvalue weighted by molar-refractivity contribution is 8.06. The quantitative estimate of drug-likeness (QED) is 0.793. The molecule has 0 saturated carbocycles. The highest BCUT2D eigenvalue weighted by Gasteiger charge is 2.29. The van der Waals surface area contributed by atoms with Crippen LogP contribution in [0.5, 0.6) is 0 Å². The molecule has 3 nitrogen and oxygen atoms in total. The summed E-state index contributed by atoms with van der Waals surface area (Å²) in [6.07, 6.45) is 1.12. The molecule has 0 radical (unpaired) electrons. The van der Waals surface area contributed by atoms with Crippen LogP contribution in [-0.4, -0.2) is 47.5 Å². The van der Waals surface area contributed by atoms with Crippen LogP contribution >= 0.6 is 23.5 Å². The summed E-state index contributed by atoms with van der Waals surface area (Å²) in [7, 11) is 0. The Labute approximate surface area is 106 Å². The van der Waals surface area contributed by atoms with Crippen molar-refractivity contribution in [3.63, 3.8) is 0 Å². The van der Waals surface area contributed by atoms with Gasteiger partial charge in [0.1, 0.15) is 0 Å². The molecular formula is C11H20N2OS2. The van der Waals surface area contributed by atoms with Crippen LogP contribution in [0, 0.1) is 5.92 Å². The second-order valence-corrected chi connectivity index (χ2v) is 7.07. The van der Waals surface area contributed by atoms with E-state index >= 15 is 0 Å². The Morgan fingerprint density at radius 3 is 3.00 bits per heavy atom. The first kappa shape index (κ1) is 12.6. The largest absolute Gasteiger partial charge is 0.354 e. The summed E-state index contributed by atoms with van der Waals surface area (Å²) in [5, 5.41) is 6.97. The van der Waals surface area contributed by atoms with Crippen LogP contribution in [-0.2, 0) is 4.79 Å². The van der Waals surface area contributed by atoms with E-state index in [0.29, 0.717) is 11.2 Å². The zero-order chi connectivity index (χ0) is 11.4. The van der Waals surface area contributed by atoms with Gasteiger partial charge < -0.3 is 10.6 Å². The average Bonchev–Trinajstić information content (AvgIpc) is 2.74. The predicted molar refractivity (Wildman–Crippen MR) is 72.2 cm³/mol. The lowest BCUT2D eigenvalue weighted by atomic mass is 10.0. The standard InChI is InChI=1S/C11H20N2OS2/c1-8-2-3-12-10(8)11(14)13-6-9-7-15-4-5-16-9/h8-10,12H,2-7H2,1H3,(H,13,14). The van der Waals surface area contributed by atoms with Gasteiger partial charge in [-0.2, -0.15) is 23.5 Å². The van der Waals surface area contributed by atoms with Crippen molar-refractivity contribution < 1.29 is 4.79 Å². The minimum atomic E-state index is 0.0428. The molecular weight excluding hydrogens is 240 g/mol. The maximum atomic E-state index is 11.9. The second-order valence-electron chi connectivity index (χ2n) is 4.51. The second kappa shape index (κ2) is 6.17. The predicted octanol–water partition coefficient (Wildman–Crippen LogP) is 0.949. The number of carbonyl (C=O) groups is 1. The van der Waals surface area contributed by atoms with E-state index in [4.69, 9.17) is 0 Å². The van der Waals surface area contributed by atoms with Crippen molar-refractivity contribution in [1.82, 2.24) is 10.6 Å². The molecule has 2 heterocycles. The van der Waals surface area contributed by atoms with Crippen molar-refractivity contribution in [2.75, 3.05) is 30.3 Å². The van der Waals surface area contributed by atoms with Gasteiger partial charge in [0.05, 0.1) is 6.04 Å². The number of nitrogens with one attached hydrogen (secondary N) is 2. The monoisotopic (exact) mass is 260 g/mol. The molecule has 2 aliphatic rings. The lowest BCUT2D eigenvalue weighted by molar-refractivity contribution is -0.123. The number of amides is 1. The average molecular weight is 260 g/mol. The van der Waals surface area contributed by atoms with Crippen LogP contribution in [0.3, 0.4) is 0 Å². The van der Waals surface area contributed by atoms with E-state index < -0.39 is 0 Å². The van der Waals surface area contributed by atoms with Gasteiger partial charge in [-0.3, -0.25) is 4.79 Å². The fourth-order valence-electron chi connectivity index (χ4n) is 2.16. The van der Waals surface area contributed by atoms with Crippen molar-refractivity contribution in [2.45, 2.75) is 24.6 Å². The Kier molecular flexibility index (Phi) is 4.85. The first-order valence-corrected chi connectivity index (χ1v) is 8.18. The highest BCUT2D eigenvalue weighted by atomic mass is 32.2. The smallest absolute Gasteiger partial charge is 0.237 e. The Bertz CT molecular complexity index is 244. The first-order valence-electron chi connectivity index (χ1n) is 5.98. The van der Waals surface area contributed by atoms with E-state index in [2.05, 4.69) is 17.6 Å². The van der Waals surface area contributed by atoms with Gasteiger partial charge in [-0.05, 0) is 18.9 Å². The van der Waals surface area contributed by atoms with Gasteiger partial charge in [-0.15, -0.1) is 0 Å². The molecule has 2 N–H and O–H groups in total. The van der Waals surface area contributed by atoms with Crippen molar-refractivity contribution in [3.8, 4) is 0 Å². The van der Waals surface area contributed by atoms with E-state index in [-0.39, 0.29) is 11.9 Å². The number of hydrogen-bond donors (Lipinski definition) is 2. The minimum absolute atomic E-state index is 0.0428. The van der Waals surface area contributed by atoms with E-state index in [9.17, 15) is 4.79 Å². The van der Waals surface area contributed by atoms with Gasteiger partial charge in [-0.25, -0.2) is 0 Å². The molecule has 2 rings (SSSR count). The summed E-state index contributed by atoms with van der Waals surface area (Å²) in [6, 6.07) is 0.0428. The molecule has 0 aromatic heterocycles. The number of hydrogen-bond acceptors (Lipinski definition) is 4. The zero-order valence-corrected chi connectivity index (χ0v) is 11.3. The van der Waals surface area contributed by atoms with Crippen LogP contribution in [0.15, 0.2) is 0 Å². The van der Waals surface area contributed by atoms with Crippen LogP contribution < -0.4 is 10.6 Å². The fourth-order valence-corrected chi connectivity index (χ4v) is 4.78. The number of thioether (sulfide) groups is 2. The molecule has 0 aliphatic carbocycles. The molecule has 3 atom stereocenters. The highest BCUT2D eigenvalue weighted by Crippen LogP contribution is 2.23. The summed E-state index contributed by atoms with van der Waals surface area (Å²) in [4.78, 5) is 11.9. The molecule has 3 unspecified atom stereocenters. The molecule has 5 heteroatoms. The van der Waals surface area contributed by atoms with Gasteiger partial charge in [0.25, 0.3) is 0 Å². The third-order valence-electron chi connectivity index (χ3n) is 3.20. The Morgan fingerprint density at radius 2 is 2.38 bits per heavy atom. The molecule has 92 valence electrons. The number of rotatable bonds is 3. The van der Waals surface area contributed by atoms with Crippen LogP contribution in [0.2, 0.25) is 0 Å². The maximum absolute atomic E-state index is 11.9. The van der Waals surface area contributed by atoms with Crippen LogP contribution in [0.4, 0.5) is 0 Å². The molecule has 1 amide bonds. The third kappa shape index (κ3) is 3.31. The van der Waals surface area contributed by atoms with E-state index in [1.807, 2.05) is 23.5 Å². The third-order valence-corrected chi connectivity index (χ3v) is 6.05. The van der Waals surface area contributed by atoms with Crippen molar-refractivity contribution in [3.05, 3.63) is 0 Å². The molecule has 0 spiro atoms. The maximum Gasteiger partial charge on any atom is 0.237 e. The summed E-state index contributed by atoms with van der Waals surface area (Å²) >= 11 is 3.99.